The minimum absolute atomic E-state index is 0. The number of hydrogen-bond donors (Lipinski definition) is 1. The van der Waals surface area contributed by atoms with Crippen LogP contribution in [0.25, 0.3) is 0 Å². The van der Waals surface area contributed by atoms with Gasteiger partial charge < -0.3 is 15.5 Å². The van der Waals surface area contributed by atoms with E-state index in [2.05, 4.69) is 76.3 Å². The fraction of sp³-hybridized carbons (Fsp3) is 0.409. The Labute approximate surface area is 169 Å². The van der Waals surface area contributed by atoms with Crippen LogP contribution in [0.1, 0.15) is 31.7 Å². The van der Waals surface area contributed by atoms with E-state index in [0.29, 0.717) is 5.84 Å². The summed E-state index contributed by atoms with van der Waals surface area (Å²) in [5, 5.41) is 0. The van der Waals surface area contributed by atoms with Gasteiger partial charge in [0.2, 0.25) is 0 Å². The summed E-state index contributed by atoms with van der Waals surface area (Å²) in [6.07, 6.45) is 3.54. The summed E-state index contributed by atoms with van der Waals surface area (Å²) < 4.78 is 0. The molecular weight excluding hydrogens is 356 g/mol. The highest BCUT2D eigenvalue weighted by Crippen LogP contribution is 2.20. The number of amidine groups is 1. The van der Waals surface area contributed by atoms with Crippen LogP contribution >= 0.6 is 12.4 Å². The number of para-hydroxylation sites is 1. The van der Waals surface area contributed by atoms with Gasteiger partial charge in [-0.3, -0.25) is 4.99 Å². The van der Waals surface area contributed by atoms with Gasteiger partial charge in [-0.05, 0) is 42.8 Å². The van der Waals surface area contributed by atoms with E-state index in [1.54, 1.807) is 0 Å². The monoisotopic (exact) mass is 386 g/mol. The van der Waals surface area contributed by atoms with E-state index in [4.69, 9.17) is 5.73 Å². The maximum absolute atomic E-state index is 6.12. The van der Waals surface area contributed by atoms with Crippen molar-refractivity contribution in [2.24, 2.45) is 10.7 Å². The number of rotatable bonds is 7. The molecule has 0 amide bonds. The van der Waals surface area contributed by atoms with Gasteiger partial charge in [-0.2, -0.15) is 0 Å². The molecule has 2 N–H and O–H groups in total. The van der Waals surface area contributed by atoms with Gasteiger partial charge in [-0.1, -0.05) is 38.0 Å². The summed E-state index contributed by atoms with van der Waals surface area (Å²) in [6.45, 7) is 7.19. The number of nitrogens with two attached hydrogens (primary N) is 1. The van der Waals surface area contributed by atoms with Crippen LogP contribution in [-0.2, 0) is 0 Å². The SMILES string of the molecule is CCCCCN=C(N)c1ccc(N2CCN(c3ccccc3)CC2)cc1.Cl. The van der Waals surface area contributed by atoms with E-state index in [9.17, 15) is 0 Å². The summed E-state index contributed by atoms with van der Waals surface area (Å²) in [7, 11) is 0. The molecule has 0 radical (unpaired) electrons. The highest BCUT2D eigenvalue weighted by Gasteiger charge is 2.17. The zero-order valence-electron chi connectivity index (χ0n) is 16.2. The third kappa shape index (κ3) is 5.90. The number of hydrogen-bond acceptors (Lipinski definition) is 3. The second-order valence-electron chi connectivity index (χ2n) is 6.83. The zero-order chi connectivity index (χ0) is 18.2. The molecule has 0 atom stereocenters. The van der Waals surface area contributed by atoms with E-state index in [1.807, 2.05) is 0 Å². The largest absolute Gasteiger partial charge is 0.384 e. The summed E-state index contributed by atoms with van der Waals surface area (Å²) in [6, 6.07) is 19.2. The van der Waals surface area contributed by atoms with Crippen molar-refractivity contribution in [1.82, 2.24) is 0 Å². The van der Waals surface area contributed by atoms with E-state index >= 15 is 0 Å². The maximum atomic E-state index is 6.12. The molecule has 1 fully saturated rings. The Morgan fingerprint density at radius 2 is 1.41 bits per heavy atom. The van der Waals surface area contributed by atoms with Gasteiger partial charge >= 0.3 is 0 Å². The molecule has 3 rings (SSSR count). The van der Waals surface area contributed by atoms with Gasteiger partial charge in [-0.15, -0.1) is 12.4 Å². The number of unbranched alkanes of at least 4 members (excludes halogenated alkanes) is 2. The Kier molecular flexibility index (Phi) is 8.46. The minimum atomic E-state index is 0. The Bertz CT molecular complexity index is 692. The van der Waals surface area contributed by atoms with E-state index < -0.39 is 0 Å². The smallest absolute Gasteiger partial charge is 0.125 e. The average molecular weight is 387 g/mol. The predicted octanol–water partition coefficient (Wildman–Crippen LogP) is 4.33. The molecule has 0 aliphatic carbocycles. The summed E-state index contributed by atoms with van der Waals surface area (Å²) in [4.78, 5) is 9.38. The molecule has 0 bridgehead atoms. The Morgan fingerprint density at radius 3 is 1.96 bits per heavy atom. The lowest BCUT2D eigenvalue weighted by atomic mass is 10.1. The normalized spacial score (nSPS) is 14.8. The number of anilines is 2. The van der Waals surface area contributed by atoms with Gasteiger partial charge in [0.15, 0.2) is 0 Å². The molecule has 0 spiro atoms. The van der Waals surface area contributed by atoms with Crippen molar-refractivity contribution in [3.8, 4) is 0 Å². The molecule has 0 saturated carbocycles. The molecule has 1 aliphatic rings. The van der Waals surface area contributed by atoms with E-state index in [0.717, 1.165) is 44.7 Å². The quantitative estimate of drug-likeness (QED) is 0.437. The van der Waals surface area contributed by atoms with Gasteiger partial charge in [0, 0.05) is 49.7 Å². The lowest BCUT2D eigenvalue weighted by molar-refractivity contribution is 0.653. The predicted molar refractivity (Wildman–Crippen MR) is 120 cm³/mol. The summed E-state index contributed by atoms with van der Waals surface area (Å²) in [5.74, 6) is 0.654. The van der Waals surface area contributed by atoms with Crippen LogP contribution in [-0.4, -0.2) is 38.6 Å². The zero-order valence-corrected chi connectivity index (χ0v) is 17.0. The fourth-order valence-corrected chi connectivity index (χ4v) is 3.36. The molecule has 4 nitrogen and oxygen atoms in total. The maximum Gasteiger partial charge on any atom is 0.125 e. The molecule has 5 heteroatoms. The van der Waals surface area contributed by atoms with Crippen LogP contribution in [0, 0.1) is 0 Å². The third-order valence-corrected chi connectivity index (χ3v) is 4.97. The number of nitrogens with zero attached hydrogens (tertiary/aromatic N) is 3. The Balaban J connectivity index is 0.00000261. The highest BCUT2D eigenvalue weighted by atomic mass is 35.5. The second kappa shape index (κ2) is 10.8. The molecule has 0 unspecified atom stereocenters. The Morgan fingerprint density at radius 1 is 0.852 bits per heavy atom. The van der Waals surface area contributed by atoms with Gasteiger partial charge in [-0.25, -0.2) is 0 Å². The Hall–Kier alpha value is -2.20. The first kappa shape index (κ1) is 21.1. The molecule has 27 heavy (non-hydrogen) atoms. The first-order chi connectivity index (χ1) is 12.8. The minimum Gasteiger partial charge on any atom is -0.384 e. The molecule has 2 aromatic rings. The van der Waals surface area contributed by atoms with Crippen molar-refractivity contribution in [2.45, 2.75) is 26.2 Å². The van der Waals surface area contributed by atoms with Gasteiger partial charge in [0.1, 0.15) is 5.84 Å². The fourth-order valence-electron chi connectivity index (χ4n) is 3.36. The molecule has 0 aromatic heterocycles. The second-order valence-corrected chi connectivity index (χ2v) is 6.83. The van der Waals surface area contributed by atoms with Crippen LogP contribution in [0.3, 0.4) is 0 Å². The molecule has 1 saturated heterocycles. The van der Waals surface area contributed by atoms with E-state index in [1.165, 1.54) is 24.2 Å². The molecule has 2 aromatic carbocycles. The van der Waals surface area contributed by atoms with Crippen molar-refractivity contribution in [3.63, 3.8) is 0 Å². The summed E-state index contributed by atoms with van der Waals surface area (Å²) >= 11 is 0. The van der Waals surface area contributed by atoms with Crippen molar-refractivity contribution in [1.29, 1.82) is 0 Å². The molecule has 1 heterocycles. The van der Waals surface area contributed by atoms with Crippen LogP contribution in [0.5, 0.6) is 0 Å². The van der Waals surface area contributed by atoms with Gasteiger partial charge in [0.25, 0.3) is 0 Å². The van der Waals surface area contributed by atoms with E-state index in [-0.39, 0.29) is 12.4 Å². The first-order valence-electron chi connectivity index (χ1n) is 9.73. The lowest BCUT2D eigenvalue weighted by Crippen LogP contribution is -2.46. The van der Waals surface area contributed by atoms with Crippen molar-refractivity contribution >= 4 is 29.6 Å². The van der Waals surface area contributed by atoms with Crippen molar-refractivity contribution in [3.05, 3.63) is 60.2 Å². The molecular formula is C22H31ClN4. The lowest BCUT2D eigenvalue weighted by Gasteiger charge is -2.37. The van der Waals surface area contributed by atoms with Crippen LogP contribution in [0.4, 0.5) is 11.4 Å². The average Bonchev–Trinajstić information content (AvgIpc) is 2.72. The van der Waals surface area contributed by atoms with Crippen LogP contribution in [0.2, 0.25) is 0 Å². The molecule has 146 valence electrons. The number of halogens is 1. The van der Waals surface area contributed by atoms with Crippen molar-refractivity contribution in [2.75, 3.05) is 42.5 Å². The van der Waals surface area contributed by atoms with Gasteiger partial charge in [0.05, 0.1) is 0 Å². The summed E-state index contributed by atoms with van der Waals surface area (Å²) in [5.41, 5.74) is 9.72. The first-order valence-corrected chi connectivity index (χ1v) is 9.73. The highest BCUT2D eigenvalue weighted by molar-refractivity contribution is 5.97. The third-order valence-electron chi connectivity index (χ3n) is 4.97. The number of benzene rings is 2. The standard InChI is InChI=1S/C22H30N4.ClH/c1-2-3-7-14-24-22(23)19-10-12-21(13-11-19)26-17-15-25(16-18-26)20-8-5-4-6-9-20;/h4-6,8-13H,2-3,7,14-18H2,1H3,(H2,23,24);1H. The van der Waals surface area contributed by atoms with Crippen LogP contribution in [0.15, 0.2) is 59.6 Å². The number of aliphatic imine (C=N–C) groups is 1. The van der Waals surface area contributed by atoms with Crippen LogP contribution < -0.4 is 15.5 Å². The topological polar surface area (TPSA) is 44.9 Å². The van der Waals surface area contributed by atoms with Crippen molar-refractivity contribution < 1.29 is 0 Å². The molecule has 1 aliphatic heterocycles. The number of piperazine rings is 1.